The number of aromatic nitrogens is 2. The van der Waals surface area contributed by atoms with E-state index >= 15 is 0 Å². The Morgan fingerprint density at radius 3 is 2.24 bits per heavy atom. The Morgan fingerprint density at radius 2 is 1.65 bits per heavy atom. The molecule has 0 radical (unpaired) electrons. The van der Waals surface area contributed by atoms with E-state index in [1.165, 1.54) is 54.8 Å². The third-order valence-electron chi connectivity index (χ3n) is 11.0. The summed E-state index contributed by atoms with van der Waals surface area (Å²) in [7, 11) is 0. The number of carbonyl (C=O) groups is 4. The highest BCUT2D eigenvalue weighted by Crippen LogP contribution is 2.40. The highest BCUT2D eigenvalue weighted by atomic mass is 32.1. The van der Waals surface area contributed by atoms with Crippen molar-refractivity contribution in [3.8, 4) is 11.4 Å². The van der Waals surface area contributed by atoms with E-state index in [-0.39, 0.29) is 42.6 Å². The number of aliphatic carboxylic acids is 1. The quantitative estimate of drug-likeness (QED) is 0.225. The third kappa shape index (κ3) is 8.68. The molecule has 3 aromatic rings. The summed E-state index contributed by atoms with van der Waals surface area (Å²) in [6, 6.07) is 10.4. The maximum atomic E-state index is 13.5. The monoisotopic (exact) mass is 713 g/mol. The predicted octanol–water partition coefficient (Wildman–Crippen LogP) is 6.74. The lowest BCUT2D eigenvalue weighted by Gasteiger charge is -2.38. The Balaban J connectivity index is 1.08. The number of nitrogens with one attached hydrogen (secondary N) is 1. The van der Waals surface area contributed by atoms with Crippen LogP contribution in [0.1, 0.15) is 99.2 Å². The molecule has 4 heterocycles. The summed E-state index contributed by atoms with van der Waals surface area (Å²) < 4.78 is 0. The van der Waals surface area contributed by atoms with Gasteiger partial charge in [0.05, 0.1) is 28.9 Å². The molecule has 1 aliphatic carbocycles. The first-order valence-electron chi connectivity index (χ1n) is 18.5. The fourth-order valence-corrected chi connectivity index (χ4v) is 8.82. The fourth-order valence-electron chi connectivity index (χ4n) is 7.85. The number of anilines is 1. The molecule has 1 saturated carbocycles. The Hall–Kier alpha value is -4.12. The molecule has 1 unspecified atom stereocenters. The summed E-state index contributed by atoms with van der Waals surface area (Å²) in [5.74, 6) is 0.556. The number of piperidine rings is 1. The van der Waals surface area contributed by atoms with Crippen LogP contribution in [0.2, 0.25) is 0 Å². The van der Waals surface area contributed by atoms with E-state index in [0.29, 0.717) is 35.5 Å². The van der Waals surface area contributed by atoms with E-state index in [0.717, 1.165) is 34.0 Å². The maximum Gasteiger partial charge on any atom is 0.310 e. The maximum absolute atomic E-state index is 13.5. The molecule has 2 atom stereocenters. The Morgan fingerprint density at radius 1 is 0.961 bits per heavy atom. The lowest BCUT2D eigenvalue weighted by molar-refractivity contribution is -0.153. The number of rotatable bonds is 11. The summed E-state index contributed by atoms with van der Waals surface area (Å²) in [5, 5.41) is 12.3. The number of hydrogen-bond acceptors (Lipinski definition) is 7. The van der Waals surface area contributed by atoms with Crippen LogP contribution in [0.4, 0.5) is 5.69 Å². The number of hydrogen-bond donors (Lipinski definition) is 2. The molecule has 0 bridgehead atoms. The number of nitrogens with zero attached hydrogens (tertiary/aromatic N) is 4. The minimum Gasteiger partial charge on any atom is -0.481 e. The fraction of sp³-hybridized carbons (Fsp3) is 0.550. The van der Waals surface area contributed by atoms with Crippen LogP contribution >= 0.6 is 11.3 Å². The van der Waals surface area contributed by atoms with Crippen LogP contribution in [0.15, 0.2) is 48.8 Å². The van der Waals surface area contributed by atoms with Crippen molar-refractivity contribution in [2.75, 3.05) is 24.5 Å². The third-order valence-corrected chi connectivity index (χ3v) is 12.5. The Labute approximate surface area is 305 Å². The highest BCUT2D eigenvalue weighted by molar-refractivity contribution is 7.14. The van der Waals surface area contributed by atoms with Gasteiger partial charge >= 0.3 is 5.97 Å². The number of carbonyl (C=O) groups excluding carboxylic acids is 3. The molecule has 3 aliphatic rings. The zero-order chi connectivity index (χ0) is 36.3. The molecule has 272 valence electrons. The summed E-state index contributed by atoms with van der Waals surface area (Å²) in [5.41, 5.74) is 2.24. The molecule has 0 spiro atoms. The molecule has 51 heavy (non-hydrogen) atoms. The SMILES string of the molecule is CCCC1CCC(C2CCN(c3cnc(-c4ccc(C[C@H](NC(=O)c5ccc(C(C)(C)C)s5)C(=O)N5CC(C(=O)O)C5)cc4)nc3)C(=O)C2)CC1. The number of amides is 3. The van der Waals surface area contributed by atoms with E-state index in [9.17, 15) is 24.3 Å². The van der Waals surface area contributed by atoms with Crippen molar-refractivity contribution in [3.63, 3.8) is 0 Å². The van der Waals surface area contributed by atoms with Crippen molar-refractivity contribution in [2.24, 2.45) is 23.7 Å². The first-order chi connectivity index (χ1) is 24.4. The van der Waals surface area contributed by atoms with E-state index in [1.807, 2.05) is 35.2 Å². The largest absolute Gasteiger partial charge is 0.481 e. The van der Waals surface area contributed by atoms with Gasteiger partial charge in [0.25, 0.3) is 5.91 Å². The van der Waals surface area contributed by atoms with Gasteiger partial charge in [0.15, 0.2) is 5.82 Å². The van der Waals surface area contributed by atoms with Crippen molar-refractivity contribution in [3.05, 3.63) is 64.1 Å². The van der Waals surface area contributed by atoms with E-state index in [1.54, 1.807) is 18.5 Å². The Bertz CT molecular complexity index is 1700. The van der Waals surface area contributed by atoms with E-state index in [4.69, 9.17) is 0 Å². The Kier molecular flexibility index (Phi) is 11.2. The van der Waals surface area contributed by atoms with Gasteiger partial charge in [0.2, 0.25) is 11.8 Å². The van der Waals surface area contributed by atoms with Gasteiger partial charge in [0.1, 0.15) is 6.04 Å². The molecule has 2 aliphatic heterocycles. The number of benzene rings is 1. The molecule has 3 amide bonds. The van der Waals surface area contributed by atoms with Crippen LogP contribution in [-0.4, -0.2) is 69.3 Å². The average Bonchev–Trinajstić information content (AvgIpc) is 3.60. The normalized spacial score (nSPS) is 22.0. The first kappa shape index (κ1) is 36.7. The van der Waals surface area contributed by atoms with Crippen molar-refractivity contribution in [1.82, 2.24) is 20.2 Å². The number of thiophene rings is 1. The standard InChI is InChI=1S/C40H51N5O5S/c1-5-6-25-7-11-27(12-8-25)29-17-18-45(35(46)20-29)31-21-41-36(42-22-31)28-13-9-26(10-14-28)19-32(38(48)44-23-30(24-44)39(49)50)43-37(47)33-15-16-34(51-33)40(2,3)4/h9-10,13-16,21-22,25,27,29-30,32H,5-8,11-12,17-20,23-24H2,1-4H3,(H,43,47)(H,49,50)/t25?,27?,29?,32-/m0/s1. The first-order valence-corrected chi connectivity index (χ1v) is 19.4. The van der Waals surface area contributed by atoms with E-state index < -0.39 is 17.9 Å². The lowest BCUT2D eigenvalue weighted by atomic mass is 9.72. The minimum absolute atomic E-state index is 0.102. The molecule has 11 heteroatoms. The van der Waals surface area contributed by atoms with Gasteiger partial charge in [-0.05, 0) is 60.1 Å². The van der Waals surface area contributed by atoms with Gasteiger partial charge in [-0.1, -0.05) is 77.6 Å². The van der Waals surface area contributed by atoms with Crippen LogP contribution in [-0.2, 0) is 26.2 Å². The van der Waals surface area contributed by atoms with Crippen LogP contribution in [0, 0.1) is 23.7 Å². The summed E-state index contributed by atoms with van der Waals surface area (Å²) in [4.78, 5) is 65.5. The van der Waals surface area contributed by atoms with E-state index in [2.05, 4.69) is 43.0 Å². The van der Waals surface area contributed by atoms with Gasteiger partial charge in [-0.2, -0.15) is 0 Å². The molecule has 2 N–H and O–H groups in total. The number of carboxylic acids is 1. The summed E-state index contributed by atoms with van der Waals surface area (Å²) in [6.07, 6.45) is 13.0. The zero-order valence-corrected chi connectivity index (χ0v) is 31.1. The molecule has 10 nitrogen and oxygen atoms in total. The topological polar surface area (TPSA) is 133 Å². The van der Waals surface area contributed by atoms with Gasteiger partial charge in [-0.15, -0.1) is 11.3 Å². The van der Waals surface area contributed by atoms with Gasteiger partial charge < -0.3 is 20.2 Å². The molecule has 2 saturated heterocycles. The van der Waals surface area contributed by atoms with Crippen LogP contribution in [0.5, 0.6) is 0 Å². The summed E-state index contributed by atoms with van der Waals surface area (Å²) in [6.45, 7) is 9.48. The minimum atomic E-state index is -0.926. The van der Waals surface area contributed by atoms with Crippen LogP contribution in [0.3, 0.4) is 0 Å². The molecular weight excluding hydrogens is 663 g/mol. The van der Waals surface area contributed by atoms with Crippen LogP contribution < -0.4 is 10.2 Å². The number of carboxylic acid groups (broad SMARTS) is 1. The second-order valence-electron chi connectivity index (χ2n) is 15.8. The zero-order valence-electron chi connectivity index (χ0n) is 30.3. The predicted molar refractivity (Wildman–Crippen MR) is 199 cm³/mol. The second kappa shape index (κ2) is 15.6. The van der Waals surface area contributed by atoms with Crippen molar-refractivity contribution in [1.29, 1.82) is 0 Å². The average molecular weight is 714 g/mol. The van der Waals surface area contributed by atoms with Crippen molar-refractivity contribution in [2.45, 2.75) is 96.9 Å². The van der Waals surface area contributed by atoms with Crippen molar-refractivity contribution >= 4 is 40.7 Å². The molecule has 1 aromatic carbocycles. The van der Waals surface area contributed by atoms with Gasteiger partial charge in [-0.3, -0.25) is 19.2 Å². The highest BCUT2D eigenvalue weighted by Gasteiger charge is 2.39. The van der Waals surface area contributed by atoms with Crippen molar-refractivity contribution < 1.29 is 24.3 Å². The smallest absolute Gasteiger partial charge is 0.310 e. The second-order valence-corrected chi connectivity index (χ2v) is 16.8. The molecule has 6 rings (SSSR count). The molecule has 3 fully saturated rings. The van der Waals surface area contributed by atoms with Crippen LogP contribution in [0.25, 0.3) is 11.4 Å². The molecular formula is C40H51N5O5S. The summed E-state index contributed by atoms with van der Waals surface area (Å²) >= 11 is 1.41. The van der Waals surface area contributed by atoms with Gasteiger partial charge in [0, 0.05) is 42.9 Å². The van der Waals surface area contributed by atoms with Gasteiger partial charge in [-0.25, -0.2) is 9.97 Å². The lowest BCUT2D eigenvalue weighted by Crippen LogP contribution is -2.59. The number of likely N-dealkylation sites (tertiary alicyclic amines) is 1. The molecule has 2 aromatic heterocycles.